The van der Waals surface area contributed by atoms with Crippen LogP contribution in [0.4, 0.5) is 5.82 Å². The van der Waals surface area contributed by atoms with E-state index in [2.05, 4.69) is 9.80 Å². The van der Waals surface area contributed by atoms with Gasteiger partial charge in [-0.25, -0.2) is 0 Å². The van der Waals surface area contributed by atoms with Crippen molar-refractivity contribution in [3.8, 4) is 6.07 Å². The second kappa shape index (κ2) is 10.1. The molecule has 2 aromatic heterocycles. The highest BCUT2D eigenvalue weighted by atomic mass is 32.2. The maximum Gasteiger partial charge on any atom is 0.270 e. The van der Waals surface area contributed by atoms with Crippen LogP contribution in [0.5, 0.6) is 0 Å². The third-order valence-electron chi connectivity index (χ3n) is 6.10. The minimum Gasteiger partial charge on any atom is -0.467 e. The number of β-amino-alcohol motifs (C(OH)–C–C–N with tert-alkyl or cyclic N) is 1. The highest BCUT2D eigenvalue weighted by molar-refractivity contribution is 8.26. The Labute approximate surface area is 206 Å². The summed E-state index contributed by atoms with van der Waals surface area (Å²) in [7, 11) is 1.65. The number of aliphatic hydroxyl groups is 1. The van der Waals surface area contributed by atoms with Crippen LogP contribution < -0.4 is 10.5 Å². The van der Waals surface area contributed by atoms with Crippen molar-refractivity contribution in [2.24, 2.45) is 7.05 Å². The van der Waals surface area contributed by atoms with E-state index >= 15 is 0 Å². The fourth-order valence-electron chi connectivity index (χ4n) is 4.24. The first-order chi connectivity index (χ1) is 16.3. The Kier molecular flexibility index (Phi) is 7.23. The number of rotatable bonds is 6. The smallest absolute Gasteiger partial charge is 0.270 e. The molecular weight excluding hydrogens is 474 g/mol. The number of aromatic nitrogens is 1. The van der Waals surface area contributed by atoms with Crippen LogP contribution >= 0.6 is 24.0 Å². The van der Waals surface area contributed by atoms with Gasteiger partial charge in [-0.3, -0.25) is 24.0 Å². The lowest BCUT2D eigenvalue weighted by molar-refractivity contribution is -0.122. The minimum absolute atomic E-state index is 0.0579. The molecule has 34 heavy (non-hydrogen) atoms. The van der Waals surface area contributed by atoms with Crippen molar-refractivity contribution in [1.82, 2.24) is 14.4 Å². The van der Waals surface area contributed by atoms with E-state index in [9.17, 15) is 20.0 Å². The minimum atomic E-state index is -0.365. The summed E-state index contributed by atoms with van der Waals surface area (Å²) in [6.07, 6.45) is 3.29. The maximum absolute atomic E-state index is 13.2. The largest absolute Gasteiger partial charge is 0.467 e. The summed E-state index contributed by atoms with van der Waals surface area (Å²) < 4.78 is 7.28. The summed E-state index contributed by atoms with van der Waals surface area (Å²) >= 11 is 6.64. The van der Waals surface area contributed by atoms with Gasteiger partial charge in [-0.15, -0.1) is 0 Å². The summed E-state index contributed by atoms with van der Waals surface area (Å²) in [6, 6.07) is 5.57. The van der Waals surface area contributed by atoms with E-state index in [-0.39, 0.29) is 30.2 Å². The number of anilines is 1. The van der Waals surface area contributed by atoms with Crippen LogP contribution in [-0.2, 0) is 18.4 Å². The summed E-state index contributed by atoms with van der Waals surface area (Å²) in [5.41, 5.74) is 0.889. The second-order valence-electron chi connectivity index (χ2n) is 8.11. The van der Waals surface area contributed by atoms with Gasteiger partial charge in [0.25, 0.3) is 11.5 Å². The van der Waals surface area contributed by atoms with Gasteiger partial charge in [-0.05, 0) is 30.7 Å². The summed E-state index contributed by atoms with van der Waals surface area (Å²) in [5, 5.41) is 18.9. The highest BCUT2D eigenvalue weighted by Crippen LogP contribution is 2.36. The molecule has 0 atom stereocenters. The Morgan fingerprint density at radius 1 is 1.29 bits per heavy atom. The van der Waals surface area contributed by atoms with Gasteiger partial charge < -0.3 is 14.4 Å². The zero-order valence-corrected chi connectivity index (χ0v) is 20.6. The number of carbonyl (C=O) groups is 1. The first-order valence-electron chi connectivity index (χ1n) is 10.8. The van der Waals surface area contributed by atoms with Crippen molar-refractivity contribution in [3.05, 3.63) is 56.1 Å². The average molecular weight is 500 g/mol. The molecule has 0 spiro atoms. The van der Waals surface area contributed by atoms with Crippen LogP contribution in [0.2, 0.25) is 0 Å². The molecule has 0 bridgehead atoms. The number of thioether (sulfide) groups is 1. The van der Waals surface area contributed by atoms with Gasteiger partial charge in [0.15, 0.2) is 0 Å². The summed E-state index contributed by atoms with van der Waals surface area (Å²) in [4.78, 5) is 32.3. The topological polar surface area (TPSA) is 106 Å². The SMILES string of the molecule is Cc1c(/C=C2\SC(=S)N(Cc3ccco3)C2=O)c(N2CCN(CCO)CC2)n(C)c(=O)c1C#N. The van der Waals surface area contributed by atoms with Crippen LogP contribution in [0.3, 0.4) is 0 Å². The molecule has 0 saturated carbocycles. The molecular formula is C23H25N5O4S2. The third kappa shape index (κ3) is 4.54. The number of hydrogen-bond donors (Lipinski definition) is 1. The molecule has 9 nitrogen and oxygen atoms in total. The number of nitriles is 1. The highest BCUT2D eigenvalue weighted by Gasteiger charge is 2.34. The molecule has 0 radical (unpaired) electrons. The molecule has 178 valence electrons. The van der Waals surface area contributed by atoms with Crippen molar-refractivity contribution in [3.63, 3.8) is 0 Å². The van der Waals surface area contributed by atoms with Gasteiger partial charge in [0.05, 0.1) is 24.3 Å². The van der Waals surface area contributed by atoms with Crippen molar-refractivity contribution >= 4 is 46.1 Å². The first kappa shape index (κ1) is 24.2. The van der Waals surface area contributed by atoms with Crippen molar-refractivity contribution in [2.75, 3.05) is 44.2 Å². The first-order valence-corrected chi connectivity index (χ1v) is 12.1. The van der Waals surface area contributed by atoms with Crippen LogP contribution in [0, 0.1) is 18.3 Å². The average Bonchev–Trinajstić information content (AvgIpc) is 3.43. The van der Waals surface area contributed by atoms with Crippen molar-refractivity contribution in [2.45, 2.75) is 13.5 Å². The Morgan fingerprint density at radius 2 is 2.03 bits per heavy atom. The lowest BCUT2D eigenvalue weighted by atomic mass is 10.0. The molecule has 2 fully saturated rings. The summed E-state index contributed by atoms with van der Waals surface area (Å²) in [5.74, 6) is 1.06. The van der Waals surface area contributed by atoms with E-state index in [0.717, 1.165) is 13.1 Å². The fourth-order valence-corrected chi connectivity index (χ4v) is 5.48. The van der Waals surface area contributed by atoms with Gasteiger partial charge in [0, 0.05) is 45.3 Å². The van der Waals surface area contributed by atoms with Gasteiger partial charge in [0.2, 0.25) is 0 Å². The molecule has 0 unspecified atom stereocenters. The van der Waals surface area contributed by atoms with Crippen LogP contribution in [0.25, 0.3) is 6.08 Å². The molecule has 4 rings (SSSR count). The molecule has 2 aliphatic heterocycles. The number of furan rings is 1. The number of pyridine rings is 1. The van der Waals surface area contributed by atoms with Crippen molar-refractivity contribution < 1.29 is 14.3 Å². The van der Waals surface area contributed by atoms with Crippen LogP contribution in [0.1, 0.15) is 22.5 Å². The maximum atomic E-state index is 13.2. The Hall–Kier alpha value is -2.91. The molecule has 0 aliphatic carbocycles. The van der Waals surface area contributed by atoms with Crippen molar-refractivity contribution in [1.29, 1.82) is 5.26 Å². The summed E-state index contributed by atoms with van der Waals surface area (Å²) in [6.45, 7) is 5.45. The monoisotopic (exact) mass is 499 g/mol. The number of nitrogens with zero attached hydrogens (tertiary/aromatic N) is 5. The zero-order valence-electron chi connectivity index (χ0n) is 19.0. The van der Waals surface area contributed by atoms with Gasteiger partial charge in [-0.1, -0.05) is 24.0 Å². The molecule has 2 aliphatic rings. The number of piperazine rings is 1. The predicted octanol–water partition coefficient (Wildman–Crippen LogP) is 1.67. The molecule has 1 N–H and O–H groups in total. The standard InChI is InChI=1S/C23H25N5O4S2/c1-15-17(12-19-22(31)28(23(33)34-19)14-16-4-3-11-32-16)20(25(2)21(30)18(15)13-24)27-7-5-26(6-8-27)9-10-29/h3-4,11-12,29H,5-10,14H2,1-2H3/b19-12-. The van der Waals surface area contributed by atoms with E-state index in [4.69, 9.17) is 16.6 Å². The lowest BCUT2D eigenvalue weighted by Gasteiger charge is -2.37. The van der Waals surface area contributed by atoms with Crippen LogP contribution in [-0.4, -0.2) is 69.0 Å². The van der Waals surface area contributed by atoms with Crippen LogP contribution in [0.15, 0.2) is 32.5 Å². The lowest BCUT2D eigenvalue weighted by Crippen LogP contribution is -2.49. The van der Waals surface area contributed by atoms with Gasteiger partial charge in [-0.2, -0.15) is 5.26 Å². The van der Waals surface area contributed by atoms with Gasteiger partial charge in [0.1, 0.15) is 27.5 Å². The molecule has 2 aromatic rings. The number of carbonyl (C=O) groups excluding carboxylic acids is 1. The number of thiocarbonyl (C=S) groups is 1. The fraction of sp³-hybridized carbons (Fsp3) is 0.391. The van der Waals surface area contributed by atoms with E-state index in [0.29, 0.717) is 51.6 Å². The Bertz CT molecular complexity index is 1240. The third-order valence-corrected chi connectivity index (χ3v) is 7.48. The van der Waals surface area contributed by atoms with E-state index in [1.165, 1.54) is 21.2 Å². The molecule has 1 amide bonds. The van der Waals surface area contributed by atoms with E-state index in [1.54, 1.807) is 38.4 Å². The number of aliphatic hydroxyl groups excluding tert-OH is 1. The molecule has 0 aromatic carbocycles. The zero-order chi connectivity index (χ0) is 24.4. The number of amides is 1. The van der Waals surface area contributed by atoms with Gasteiger partial charge >= 0.3 is 0 Å². The number of hydrogen-bond acceptors (Lipinski definition) is 9. The Morgan fingerprint density at radius 3 is 2.65 bits per heavy atom. The quantitative estimate of drug-likeness (QED) is 0.469. The van der Waals surface area contributed by atoms with E-state index in [1.807, 2.05) is 6.07 Å². The molecule has 2 saturated heterocycles. The Balaban J connectivity index is 1.74. The molecule has 4 heterocycles. The molecule has 11 heteroatoms. The van der Waals surface area contributed by atoms with E-state index < -0.39 is 0 Å². The second-order valence-corrected chi connectivity index (χ2v) is 9.79. The normalized spacial score (nSPS) is 18.2. The predicted molar refractivity (Wildman–Crippen MR) is 134 cm³/mol.